The van der Waals surface area contributed by atoms with Crippen molar-refractivity contribution in [1.82, 2.24) is 15.5 Å². The van der Waals surface area contributed by atoms with Crippen LogP contribution in [0.5, 0.6) is 0 Å². The maximum atomic E-state index is 13.6. The maximum Gasteiger partial charge on any atom is 0.293 e. The molecule has 1 aliphatic heterocycles. The van der Waals surface area contributed by atoms with E-state index in [1.807, 2.05) is 0 Å². The predicted molar refractivity (Wildman–Crippen MR) is 121 cm³/mol. The van der Waals surface area contributed by atoms with Crippen molar-refractivity contribution in [2.24, 2.45) is 0 Å². The Morgan fingerprint density at radius 2 is 1.81 bits per heavy atom. The van der Waals surface area contributed by atoms with Crippen molar-refractivity contribution in [2.45, 2.75) is 0 Å². The number of hydrogen-bond acceptors (Lipinski definition) is 5. The Bertz CT molecular complexity index is 1130. The van der Waals surface area contributed by atoms with Crippen molar-refractivity contribution >= 4 is 64.0 Å². The number of nitrogens with one attached hydrogen (secondary N) is 2. The topological polar surface area (TPSA) is 95.6 Å². The lowest BCUT2D eigenvalue weighted by Crippen LogP contribution is -2.41. The van der Waals surface area contributed by atoms with Crippen LogP contribution in [0.3, 0.4) is 0 Å². The van der Waals surface area contributed by atoms with E-state index < -0.39 is 28.8 Å². The summed E-state index contributed by atoms with van der Waals surface area (Å²) in [5.41, 5.74) is 0.327. The summed E-state index contributed by atoms with van der Waals surface area (Å²) in [6.07, 6.45) is 1.48. The molecule has 1 fully saturated rings. The second kappa shape index (κ2) is 10.6. The molecule has 1 heterocycles. The van der Waals surface area contributed by atoms with Crippen LogP contribution in [-0.4, -0.2) is 47.5 Å². The molecule has 0 spiro atoms. The van der Waals surface area contributed by atoms with Gasteiger partial charge >= 0.3 is 0 Å². The van der Waals surface area contributed by atoms with Crippen LogP contribution in [0.15, 0.2) is 47.4 Å². The second-order valence-electron chi connectivity index (χ2n) is 6.49. The van der Waals surface area contributed by atoms with E-state index >= 15 is 0 Å². The van der Waals surface area contributed by atoms with Crippen LogP contribution in [0.25, 0.3) is 6.08 Å². The molecular weight excluding hydrogens is 480 g/mol. The Hall–Kier alpha value is -2.88. The molecule has 0 unspecified atom stereocenters. The average molecular weight is 496 g/mol. The highest BCUT2D eigenvalue weighted by atomic mass is 35.5. The van der Waals surface area contributed by atoms with Crippen LogP contribution < -0.4 is 10.6 Å². The third kappa shape index (κ3) is 5.67. The zero-order valence-electron chi connectivity index (χ0n) is 16.4. The van der Waals surface area contributed by atoms with Crippen molar-refractivity contribution in [2.75, 3.05) is 19.6 Å². The third-order valence-electron chi connectivity index (χ3n) is 4.33. The van der Waals surface area contributed by atoms with Gasteiger partial charge in [-0.2, -0.15) is 0 Å². The fourth-order valence-electron chi connectivity index (χ4n) is 2.74. The number of thioether (sulfide) groups is 1. The number of hydrogen-bond donors (Lipinski definition) is 2. The molecule has 0 atom stereocenters. The van der Waals surface area contributed by atoms with Gasteiger partial charge in [0.05, 0.1) is 27.1 Å². The summed E-state index contributed by atoms with van der Waals surface area (Å²) in [7, 11) is 0. The molecule has 2 aromatic rings. The lowest BCUT2D eigenvalue weighted by atomic mass is 10.2. The van der Waals surface area contributed by atoms with Crippen LogP contribution in [0.1, 0.15) is 15.9 Å². The summed E-state index contributed by atoms with van der Waals surface area (Å²) in [6.45, 7) is -0.460. The molecule has 4 amide bonds. The largest absolute Gasteiger partial charge is 0.353 e. The van der Waals surface area contributed by atoms with Gasteiger partial charge in [0.15, 0.2) is 0 Å². The van der Waals surface area contributed by atoms with Crippen molar-refractivity contribution in [3.05, 3.63) is 74.4 Å². The predicted octanol–water partition coefficient (Wildman–Crippen LogP) is 3.72. The molecule has 166 valence electrons. The Morgan fingerprint density at radius 1 is 1.06 bits per heavy atom. The van der Waals surface area contributed by atoms with Gasteiger partial charge in [-0.15, -0.1) is 0 Å². The SMILES string of the molecule is O=C(CNC(=O)c1ccccc1F)NCCN1C(=O)SC(=Cc2cccc(Cl)c2Cl)C1=O. The van der Waals surface area contributed by atoms with Gasteiger partial charge < -0.3 is 10.6 Å². The smallest absolute Gasteiger partial charge is 0.293 e. The van der Waals surface area contributed by atoms with Gasteiger partial charge in [-0.3, -0.25) is 24.1 Å². The first-order chi connectivity index (χ1) is 15.3. The maximum absolute atomic E-state index is 13.6. The van der Waals surface area contributed by atoms with Gasteiger partial charge in [-0.05, 0) is 41.6 Å². The molecule has 32 heavy (non-hydrogen) atoms. The van der Waals surface area contributed by atoms with E-state index in [-0.39, 0.29) is 35.1 Å². The summed E-state index contributed by atoms with van der Waals surface area (Å²) in [5.74, 6) is -2.49. The van der Waals surface area contributed by atoms with Crippen LogP contribution in [0, 0.1) is 5.82 Å². The normalized spacial score (nSPS) is 14.7. The second-order valence-corrected chi connectivity index (χ2v) is 8.27. The van der Waals surface area contributed by atoms with Crippen LogP contribution in [-0.2, 0) is 9.59 Å². The molecule has 7 nitrogen and oxygen atoms in total. The van der Waals surface area contributed by atoms with E-state index in [2.05, 4.69) is 10.6 Å². The summed E-state index contributed by atoms with van der Waals surface area (Å²) in [5, 5.41) is 4.91. The summed E-state index contributed by atoms with van der Waals surface area (Å²) >= 11 is 12.8. The van der Waals surface area contributed by atoms with E-state index in [4.69, 9.17) is 23.2 Å². The van der Waals surface area contributed by atoms with Gasteiger partial charge in [0.2, 0.25) is 5.91 Å². The van der Waals surface area contributed by atoms with E-state index in [9.17, 15) is 23.6 Å². The minimum absolute atomic E-state index is 0.0162. The fourth-order valence-corrected chi connectivity index (χ4v) is 3.96. The van der Waals surface area contributed by atoms with Crippen molar-refractivity contribution in [1.29, 1.82) is 0 Å². The van der Waals surface area contributed by atoms with Crippen molar-refractivity contribution in [3.8, 4) is 0 Å². The van der Waals surface area contributed by atoms with E-state index in [0.717, 1.165) is 22.7 Å². The van der Waals surface area contributed by atoms with E-state index in [1.54, 1.807) is 18.2 Å². The Kier molecular flexibility index (Phi) is 7.89. The number of halogens is 3. The molecule has 0 aliphatic carbocycles. The minimum atomic E-state index is -0.728. The monoisotopic (exact) mass is 495 g/mol. The average Bonchev–Trinajstić information content (AvgIpc) is 3.03. The lowest BCUT2D eigenvalue weighted by molar-refractivity contribution is -0.124. The van der Waals surface area contributed by atoms with Crippen molar-refractivity contribution < 1.29 is 23.6 Å². The summed E-state index contributed by atoms with van der Waals surface area (Å²) in [4.78, 5) is 49.7. The van der Waals surface area contributed by atoms with Crippen molar-refractivity contribution in [3.63, 3.8) is 0 Å². The van der Waals surface area contributed by atoms with E-state index in [0.29, 0.717) is 10.6 Å². The molecule has 0 radical (unpaired) electrons. The van der Waals surface area contributed by atoms with Gasteiger partial charge in [-0.25, -0.2) is 4.39 Å². The van der Waals surface area contributed by atoms with Crippen LogP contribution in [0.2, 0.25) is 10.0 Å². The Balaban J connectivity index is 1.50. The summed E-state index contributed by atoms with van der Waals surface area (Å²) in [6, 6.07) is 10.3. The quantitative estimate of drug-likeness (QED) is 0.570. The Labute approximate surface area is 196 Å². The number of imide groups is 1. The number of carbonyl (C=O) groups is 4. The highest BCUT2D eigenvalue weighted by Crippen LogP contribution is 2.34. The molecule has 1 aliphatic rings. The standard InChI is InChI=1S/C21H16Cl2FN3O4S/c22-14-6-3-4-12(18(14)23)10-16-20(30)27(21(31)32-16)9-8-25-17(28)11-26-19(29)13-5-1-2-7-15(13)24/h1-7,10H,8-9,11H2,(H,25,28)(H,26,29). The Morgan fingerprint density at radius 3 is 2.56 bits per heavy atom. The first-order valence-electron chi connectivity index (χ1n) is 9.26. The molecule has 0 saturated carbocycles. The number of carbonyl (C=O) groups excluding carboxylic acids is 4. The highest BCUT2D eigenvalue weighted by molar-refractivity contribution is 8.18. The lowest BCUT2D eigenvalue weighted by Gasteiger charge is -2.13. The fraction of sp³-hybridized carbons (Fsp3) is 0.143. The van der Waals surface area contributed by atoms with Gasteiger partial charge in [0, 0.05) is 13.1 Å². The molecule has 2 N–H and O–H groups in total. The molecule has 0 aromatic heterocycles. The van der Waals surface area contributed by atoms with Crippen LogP contribution in [0.4, 0.5) is 9.18 Å². The molecule has 0 bridgehead atoms. The molecule has 11 heteroatoms. The molecule has 1 saturated heterocycles. The van der Waals surface area contributed by atoms with Gasteiger partial charge in [-0.1, -0.05) is 47.5 Å². The highest BCUT2D eigenvalue weighted by Gasteiger charge is 2.34. The van der Waals surface area contributed by atoms with E-state index in [1.165, 1.54) is 24.3 Å². The van der Waals surface area contributed by atoms with Gasteiger partial charge in [0.1, 0.15) is 5.82 Å². The summed E-state index contributed by atoms with van der Waals surface area (Å²) < 4.78 is 13.6. The first kappa shape index (κ1) is 23.8. The minimum Gasteiger partial charge on any atom is -0.353 e. The third-order valence-corrected chi connectivity index (χ3v) is 6.07. The molecular formula is C21H16Cl2FN3O4S. The molecule has 2 aromatic carbocycles. The van der Waals surface area contributed by atoms with Crippen LogP contribution >= 0.6 is 35.0 Å². The zero-order valence-corrected chi connectivity index (χ0v) is 18.7. The number of rotatable bonds is 7. The molecule has 3 rings (SSSR count). The van der Waals surface area contributed by atoms with Gasteiger partial charge in [0.25, 0.3) is 17.1 Å². The zero-order chi connectivity index (χ0) is 23.3. The number of amides is 4. The number of nitrogens with zero attached hydrogens (tertiary/aromatic N) is 1. The first-order valence-corrected chi connectivity index (χ1v) is 10.8. The number of benzene rings is 2.